The molecule has 0 aliphatic heterocycles. The van der Waals surface area contributed by atoms with E-state index in [-0.39, 0.29) is 37.6 Å². The zero-order valence-corrected chi connectivity index (χ0v) is 14.6. The first-order valence-corrected chi connectivity index (χ1v) is 8.54. The molecule has 3 rings (SSSR count). The Balaban J connectivity index is 1.45. The molecule has 0 fully saturated rings. The van der Waals surface area contributed by atoms with Crippen molar-refractivity contribution >= 4 is 22.8 Å². The number of hydrogen-bond donors (Lipinski definition) is 1. The van der Waals surface area contributed by atoms with Crippen molar-refractivity contribution in [2.24, 2.45) is 0 Å². The van der Waals surface area contributed by atoms with Gasteiger partial charge in [0.25, 0.3) is 5.56 Å². The van der Waals surface area contributed by atoms with Gasteiger partial charge in [0.2, 0.25) is 5.91 Å². The van der Waals surface area contributed by atoms with Crippen LogP contribution < -0.4 is 10.9 Å². The molecule has 3 aromatic rings. The molecule has 1 N–H and O–H groups in total. The highest BCUT2D eigenvalue weighted by Gasteiger charge is 2.09. The summed E-state index contributed by atoms with van der Waals surface area (Å²) < 4.78 is 6.47. The van der Waals surface area contributed by atoms with E-state index in [9.17, 15) is 14.4 Å². The van der Waals surface area contributed by atoms with Gasteiger partial charge >= 0.3 is 5.97 Å². The van der Waals surface area contributed by atoms with Crippen LogP contribution in [-0.2, 0) is 27.5 Å². The smallest absolute Gasteiger partial charge is 0.325 e. The van der Waals surface area contributed by atoms with Crippen molar-refractivity contribution in [3.05, 3.63) is 76.8 Å². The van der Waals surface area contributed by atoms with Crippen molar-refractivity contribution in [1.29, 1.82) is 0 Å². The van der Waals surface area contributed by atoms with Gasteiger partial charge < -0.3 is 10.1 Å². The van der Waals surface area contributed by atoms with E-state index in [0.717, 1.165) is 5.56 Å². The highest BCUT2D eigenvalue weighted by Crippen LogP contribution is 2.05. The molecule has 0 aliphatic carbocycles. The first-order valence-electron chi connectivity index (χ1n) is 8.54. The maximum absolute atomic E-state index is 12.3. The maximum atomic E-state index is 12.3. The fourth-order valence-corrected chi connectivity index (χ4v) is 2.54. The minimum atomic E-state index is -0.517. The molecule has 7 nitrogen and oxygen atoms in total. The number of esters is 1. The number of carbonyl (C=O) groups is 2. The molecule has 0 aliphatic rings. The van der Waals surface area contributed by atoms with Gasteiger partial charge in [-0.3, -0.25) is 19.0 Å². The molecule has 1 amide bonds. The average molecular weight is 365 g/mol. The molecule has 7 heteroatoms. The molecule has 0 atom stereocenters. The summed E-state index contributed by atoms with van der Waals surface area (Å²) in [6, 6.07) is 16.3. The van der Waals surface area contributed by atoms with Crippen LogP contribution in [0.25, 0.3) is 10.9 Å². The van der Waals surface area contributed by atoms with Crippen LogP contribution >= 0.6 is 0 Å². The molecule has 27 heavy (non-hydrogen) atoms. The summed E-state index contributed by atoms with van der Waals surface area (Å²) in [6.07, 6.45) is 1.48. The van der Waals surface area contributed by atoms with Crippen LogP contribution in [0.2, 0.25) is 0 Å². The Morgan fingerprint density at radius 1 is 1.04 bits per heavy atom. The van der Waals surface area contributed by atoms with E-state index in [1.165, 1.54) is 10.9 Å². The lowest BCUT2D eigenvalue weighted by Gasteiger charge is -2.08. The number of benzene rings is 2. The van der Waals surface area contributed by atoms with E-state index in [1.807, 2.05) is 36.4 Å². The molecule has 1 aromatic heterocycles. The summed E-state index contributed by atoms with van der Waals surface area (Å²) in [5.74, 6) is -0.858. The molecule has 0 radical (unpaired) electrons. The van der Waals surface area contributed by atoms with Gasteiger partial charge in [0.15, 0.2) is 0 Å². The molecule has 138 valence electrons. The Bertz CT molecular complexity index is 999. The van der Waals surface area contributed by atoms with Crippen molar-refractivity contribution in [1.82, 2.24) is 14.9 Å². The number of para-hydroxylation sites is 1. The third kappa shape index (κ3) is 5.01. The standard InChI is InChI=1S/C20H19N3O4/c24-18(21-12-19(25)27-13-15-6-2-1-3-7-15)10-11-23-14-22-17-9-5-4-8-16(17)20(23)26/h1-9,14H,10-13H2,(H,21,24). The van der Waals surface area contributed by atoms with Gasteiger partial charge in [-0.2, -0.15) is 0 Å². The Morgan fingerprint density at radius 3 is 2.59 bits per heavy atom. The van der Waals surface area contributed by atoms with Gasteiger partial charge in [-0.15, -0.1) is 0 Å². The van der Waals surface area contributed by atoms with Crippen LogP contribution in [0.1, 0.15) is 12.0 Å². The van der Waals surface area contributed by atoms with Crippen molar-refractivity contribution in [3.8, 4) is 0 Å². The predicted molar refractivity (Wildman–Crippen MR) is 99.9 cm³/mol. The molecule has 1 heterocycles. The SMILES string of the molecule is O=C(CCn1cnc2ccccc2c1=O)NCC(=O)OCc1ccccc1. The number of hydrogen-bond acceptors (Lipinski definition) is 5. The summed E-state index contributed by atoms with van der Waals surface area (Å²) in [6.45, 7) is 0.131. The number of aryl methyl sites for hydroxylation is 1. The zero-order valence-electron chi connectivity index (χ0n) is 14.6. The Labute approximate surface area is 155 Å². The number of carbonyl (C=O) groups excluding carboxylic acids is 2. The van der Waals surface area contributed by atoms with Gasteiger partial charge in [-0.05, 0) is 17.7 Å². The van der Waals surface area contributed by atoms with Crippen LogP contribution in [0.15, 0.2) is 65.7 Å². The zero-order chi connectivity index (χ0) is 19.1. The quantitative estimate of drug-likeness (QED) is 0.643. The van der Waals surface area contributed by atoms with Crippen LogP contribution in [0.4, 0.5) is 0 Å². The number of aromatic nitrogens is 2. The summed E-state index contributed by atoms with van der Waals surface area (Å²) >= 11 is 0. The number of rotatable bonds is 7. The number of nitrogens with zero attached hydrogens (tertiary/aromatic N) is 2. The van der Waals surface area contributed by atoms with Crippen LogP contribution in [0.3, 0.4) is 0 Å². The number of ether oxygens (including phenoxy) is 1. The normalized spacial score (nSPS) is 10.5. The molecule has 0 bridgehead atoms. The fraction of sp³-hybridized carbons (Fsp3) is 0.200. The highest BCUT2D eigenvalue weighted by atomic mass is 16.5. The van der Waals surface area contributed by atoms with Crippen molar-refractivity contribution in [2.75, 3.05) is 6.54 Å². The van der Waals surface area contributed by atoms with E-state index >= 15 is 0 Å². The first kappa shape index (κ1) is 18.3. The van der Waals surface area contributed by atoms with Crippen LogP contribution in [0, 0.1) is 0 Å². The molecule has 0 spiro atoms. The van der Waals surface area contributed by atoms with Gasteiger partial charge in [0, 0.05) is 13.0 Å². The molecule has 0 saturated carbocycles. The summed E-state index contributed by atoms with van der Waals surface area (Å²) in [4.78, 5) is 40.2. The third-order valence-electron chi connectivity index (χ3n) is 3.98. The van der Waals surface area contributed by atoms with Gasteiger partial charge in [0.1, 0.15) is 13.2 Å². The molecular weight excluding hydrogens is 346 g/mol. The Kier molecular flexibility index (Phi) is 5.94. The van der Waals surface area contributed by atoms with Gasteiger partial charge in [-0.25, -0.2) is 4.98 Å². The average Bonchev–Trinajstić information content (AvgIpc) is 2.71. The van der Waals surface area contributed by atoms with Crippen LogP contribution in [0.5, 0.6) is 0 Å². The third-order valence-corrected chi connectivity index (χ3v) is 3.98. The minimum Gasteiger partial charge on any atom is -0.460 e. The number of fused-ring (bicyclic) bond motifs is 1. The van der Waals surface area contributed by atoms with E-state index < -0.39 is 5.97 Å². The van der Waals surface area contributed by atoms with E-state index in [1.54, 1.807) is 18.2 Å². The lowest BCUT2D eigenvalue weighted by Crippen LogP contribution is -2.32. The van der Waals surface area contributed by atoms with Crippen molar-refractivity contribution < 1.29 is 14.3 Å². The number of nitrogens with one attached hydrogen (secondary N) is 1. The van der Waals surface area contributed by atoms with E-state index in [4.69, 9.17) is 4.74 Å². The largest absolute Gasteiger partial charge is 0.460 e. The second-order valence-corrected chi connectivity index (χ2v) is 5.93. The topological polar surface area (TPSA) is 90.3 Å². The summed E-state index contributed by atoms with van der Waals surface area (Å²) in [5.41, 5.74) is 1.29. The van der Waals surface area contributed by atoms with Gasteiger partial charge in [0.05, 0.1) is 17.2 Å². The highest BCUT2D eigenvalue weighted by molar-refractivity contribution is 5.82. The van der Waals surface area contributed by atoms with E-state index in [2.05, 4.69) is 10.3 Å². The van der Waals surface area contributed by atoms with Crippen LogP contribution in [-0.4, -0.2) is 28.0 Å². The Hall–Kier alpha value is -3.48. The molecule has 0 saturated heterocycles. The van der Waals surface area contributed by atoms with Gasteiger partial charge in [-0.1, -0.05) is 42.5 Å². The maximum Gasteiger partial charge on any atom is 0.325 e. The molecule has 0 unspecified atom stereocenters. The summed E-state index contributed by atoms with van der Waals surface area (Å²) in [7, 11) is 0. The fourth-order valence-electron chi connectivity index (χ4n) is 2.54. The minimum absolute atomic E-state index is 0.0614. The number of amides is 1. The lowest BCUT2D eigenvalue weighted by atomic mass is 10.2. The first-order chi connectivity index (χ1) is 13.1. The second-order valence-electron chi connectivity index (χ2n) is 5.93. The second kappa shape index (κ2) is 8.75. The molecule has 2 aromatic carbocycles. The summed E-state index contributed by atoms with van der Waals surface area (Å²) in [5, 5.41) is 3.00. The monoisotopic (exact) mass is 365 g/mol. The van der Waals surface area contributed by atoms with E-state index in [0.29, 0.717) is 10.9 Å². The molecular formula is C20H19N3O4. The van der Waals surface area contributed by atoms with Crippen molar-refractivity contribution in [2.45, 2.75) is 19.6 Å². The predicted octanol–water partition coefficient (Wildman–Crippen LogP) is 1.65. The van der Waals surface area contributed by atoms with Crippen molar-refractivity contribution in [3.63, 3.8) is 0 Å². The Morgan fingerprint density at radius 2 is 1.78 bits per heavy atom. The lowest BCUT2D eigenvalue weighted by molar-refractivity contribution is -0.145.